The Kier molecular flexibility index (Phi) is 3.07. The monoisotopic (exact) mass is 179 g/mol. The molecule has 3 N–H and O–H groups in total. The lowest BCUT2D eigenvalue weighted by molar-refractivity contribution is 0.0218. The number of aliphatic hydroxyl groups is 1. The van der Waals surface area contributed by atoms with Crippen LogP contribution in [0.2, 0.25) is 0 Å². The van der Waals surface area contributed by atoms with Crippen LogP contribution in [0, 0.1) is 5.92 Å². The van der Waals surface area contributed by atoms with Gasteiger partial charge < -0.3 is 5.11 Å². The quantitative estimate of drug-likeness (QED) is 0.695. The molecular formula is C11H17NO. The molecule has 72 valence electrons. The molecule has 1 aromatic carbocycles. The first kappa shape index (κ1) is 10.2. The van der Waals surface area contributed by atoms with Crippen molar-refractivity contribution in [1.82, 2.24) is 0 Å². The summed E-state index contributed by atoms with van der Waals surface area (Å²) >= 11 is 0. The zero-order valence-corrected chi connectivity index (χ0v) is 8.20. The zero-order valence-electron chi connectivity index (χ0n) is 8.20. The molecule has 0 saturated heterocycles. The standard InChI is InChI=1S/C11H17NO/c1-9(2)8-11(12,13)10-6-4-3-5-7-10/h3-7,9,13H,8,12H2,1-2H3. The van der Waals surface area contributed by atoms with Gasteiger partial charge in [0, 0.05) is 0 Å². The molecule has 0 bridgehead atoms. The van der Waals surface area contributed by atoms with E-state index >= 15 is 0 Å². The first-order chi connectivity index (χ1) is 6.02. The lowest BCUT2D eigenvalue weighted by Crippen LogP contribution is -2.37. The maximum absolute atomic E-state index is 9.93. The molecule has 1 rings (SSSR count). The van der Waals surface area contributed by atoms with Crippen molar-refractivity contribution >= 4 is 0 Å². The molecule has 0 aliphatic heterocycles. The van der Waals surface area contributed by atoms with Crippen molar-refractivity contribution in [2.45, 2.75) is 26.0 Å². The number of hydrogen-bond acceptors (Lipinski definition) is 2. The topological polar surface area (TPSA) is 46.2 Å². The Hall–Kier alpha value is -0.860. The highest BCUT2D eigenvalue weighted by Gasteiger charge is 2.24. The molecule has 0 spiro atoms. The summed E-state index contributed by atoms with van der Waals surface area (Å²) in [6.45, 7) is 4.08. The Labute approximate surface area is 79.4 Å². The van der Waals surface area contributed by atoms with E-state index in [0.29, 0.717) is 12.3 Å². The average Bonchev–Trinajstić information content (AvgIpc) is 2.04. The van der Waals surface area contributed by atoms with E-state index in [0.717, 1.165) is 5.56 Å². The van der Waals surface area contributed by atoms with E-state index in [4.69, 9.17) is 5.73 Å². The van der Waals surface area contributed by atoms with Crippen molar-refractivity contribution in [2.24, 2.45) is 11.7 Å². The van der Waals surface area contributed by atoms with E-state index in [1.54, 1.807) is 0 Å². The second kappa shape index (κ2) is 3.90. The van der Waals surface area contributed by atoms with E-state index in [2.05, 4.69) is 0 Å². The Morgan fingerprint density at radius 1 is 1.31 bits per heavy atom. The minimum Gasteiger partial charge on any atom is -0.372 e. The molecule has 0 aliphatic carbocycles. The number of benzene rings is 1. The lowest BCUT2D eigenvalue weighted by atomic mass is 9.94. The average molecular weight is 179 g/mol. The largest absolute Gasteiger partial charge is 0.372 e. The molecule has 2 nitrogen and oxygen atoms in total. The molecule has 0 fully saturated rings. The van der Waals surface area contributed by atoms with Crippen LogP contribution >= 0.6 is 0 Å². The normalized spacial score (nSPS) is 15.8. The summed E-state index contributed by atoms with van der Waals surface area (Å²) in [6.07, 6.45) is 0.580. The first-order valence-electron chi connectivity index (χ1n) is 4.59. The third-order valence-corrected chi connectivity index (χ3v) is 1.99. The van der Waals surface area contributed by atoms with E-state index in [9.17, 15) is 5.11 Å². The van der Waals surface area contributed by atoms with Crippen LogP contribution < -0.4 is 5.73 Å². The third kappa shape index (κ3) is 2.83. The van der Waals surface area contributed by atoms with Crippen molar-refractivity contribution in [2.75, 3.05) is 0 Å². The van der Waals surface area contributed by atoms with Gasteiger partial charge in [-0.2, -0.15) is 0 Å². The lowest BCUT2D eigenvalue weighted by Gasteiger charge is -2.25. The fraction of sp³-hybridized carbons (Fsp3) is 0.455. The third-order valence-electron chi connectivity index (χ3n) is 1.99. The van der Waals surface area contributed by atoms with Crippen molar-refractivity contribution in [3.8, 4) is 0 Å². The van der Waals surface area contributed by atoms with Crippen LogP contribution in [0.1, 0.15) is 25.8 Å². The van der Waals surface area contributed by atoms with Gasteiger partial charge >= 0.3 is 0 Å². The van der Waals surface area contributed by atoms with Gasteiger partial charge in [0.1, 0.15) is 5.72 Å². The molecule has 0 saturated carbocycles. The summed E-state index contributed by atoms with van der Waals surface area (Å²) in [5.41, 5.74) is 5.39. The van der Waals surface area contributed by atoms with Crippen LogP contribution in [-0.4, -0.2) is 5.11 Å². The Morgan fingerprint density at radius 2 is 1.85 bits per heavy atom. The van der Waals surface area contributed by atoms with Gasteiger partial charge in [0.05, 0.1) is 0 Å². The highest BCUT2D eigenvalue weighted by atomic mass is 16.3. The molecule has 0 aromatic heterocycles. The summed E-state index contributed by atoms with van der Waals surface area (Å²) in [6, 6.07) is 9.38. The summed E-state index contributed by atoms with van der Waals surface area (Å²) in [4.78, 5) is 0. The molecule has 2 heteroatoms. The van der Waals surface area contributed by atoms with Gasteiger partial charge in [-0.05, 0) is 17.9 Å². The fourth-order valence-corrected chi connectivity index (χ4v) is 1.47. The van der Waals surface area contributed by atoms with Gasteiger partial charge in [0.15, 0.2) is 0 Å². The van der Waals surface area contributed by atoms with Crippen LogP contribution in [0.3, 0.4) is 0 Å². The maximum atomic E-state index is 9.93. The number of nitrogens with two attached hydrogens (primary N) is 1. The van der Waals surface area contributed by atoms with E-state index in [1.807, 2.05) is 44.2 Å². The van der Waals surface area contributed by atoms with Crippen molar-refractivity contribution in [3.63, 3.8) is 0 Å². The first-order valence-corrected chi connectivity index (χ1v) is 4.59. The minimum atomic E-state index is -1.19. The highest BCUT2D eigenvalue weighted by molar-refractivity contribution is 5.20. The minimum absolute atomic E-state index is 0.384. The van der Waals surface area contributed by atoms with Crippen LogP contribution in [0.25, 0.3) is 0 Å². The van der Waals surface area contributed by atoms with Gasteiger partial charge in [-0.1, -0.05) is 44.2 Å². The fourth-order valence-electron chi connectivity index (χ4n) is 1.47. The van der Waals surface area contributed by atoms with Gasteiger partial charge in [-0.15, -0.1) is 0 Å². The predicted octanol–water partition coefficient (Wildman–Crippen LogP) is 1.84. The molecule has 1 atom stereocenters. The summed E-state index contributed by atoms with van der Waals surface area (Å²) in [7, 11) is 0. The van der Waals surface area contributed by atoms with Gasteiger partial charge in [0.25, 0.3) is 0 Å². The van der Waals surface area contributed by atoms with Crippen LogP contribution in [0.15, 0.2) is 30.3 Å². The summed E-state index contributed by atoms with van der Waals surface area (Å²) in [5.74, 6) is 0.384. The van der Waals surface area contributed by atoms with Crippen LogP contribution in [-0.2, 0) is 5.72 Å². The zero-order chi connectivity index (χ0) is 9.90. The number of rotatable bonds is 3. The highest BCUT2D eigenvalue weighted by Crippen LogP contribution is 2.22. The van der Waals surface area contributed by atoms with E-state index in [-0.39, 0.29) is 0 Å². The molecular weight excluding hydrogens is 162 g/mol. The molecule has 1 aromatic rings. The molecule has 0 radical (unpaired) electrons. The smallest absolute Gasteiger partial charge is 0.139 e. The van der Waals surface area contributed by atoms with Gasteiger partial charge in [-0.25, -0.2) is 0 Å². The van der Waals surface area contributed by atoms with E-state index < -0.39 is 5.72 Å². The Bertz CT molecular complexity index is 254. The second-order valence-electron chi connectivity index (χ2n) is 3.89. The van der Waals surface area contributed by atoms with Gasteiger partial charge in [-0.3, -0.25) is 5.73 Å². The molecule has 13 heavy (non-hydrogen) atoms. The second-order valence-corrected chi connectivity index (χ2v) is 3.89. The number of hydrogen-bond donors (Lipinski definition) is 2. The van der Waals surface area contributed by atoms with Crippen molar-refractivity contribution < 1.29 is 5.11 Å². The van der Waals surface area contributed by atoms with Crippen molar-refractivity contribution in [3.05, 3.63) is 35.9 Å². The molecule has 1 unspecified atom stereocenters. The van der Waals surface area contributed by atoms with Crippen LogP contribution in [0.4, 0.5) is 0 Å². The van der Waals surface area contributed by atoms with Crippen LogP contribution in [0.5, 0.6) is 0 Å². The van der Waals surface area contributed by atoms with E-state index in [1.165, 1.54) is 0 Å². The van der Waals surface area contributed by atoms with Crippen molar-refractivity contribution in [1.29, 1.82) is 0 Å². The summed E-state index contributed by atoms with van der Waals surface area (Å²) in [5, 5.41) is 9.93. The Balaban J connectivity index is 2.81. The summed E-state index contributed by atoms with van der Waals surface area (Å²) < 4.78 is 0. The maximum Gasteiger partial charge on any atom is 0.139 e. The Morgan fingerprint density at radius 3 is 2.31 bits per heavy atom. The molecule has 0 heterocycles. The predicted molar refractivity (Wildman–Crippen MR) is 54.0 cm³/mol. The molecule has 0 aliphatic rings. The SMILES string of the molecule is CC(C)CC(N)(O)c1ccccc1. The molecule has 0 amide bonds. The van der Waals surface area contributed by atoms with Gasteiger partial charge in [0.2, 0.25) is 0 Å².